The third-order valence-electron chi connectivity index (χ3n) is 3.59. The van der Waals surface area contributed by atoms with E-state index in [1.807, 2.05) is 0 Å². The lowest BCUT2D eigenvalue weighted by molar-refractivity contribution is -0.143. The number of hydrogen-bond donors (Lipinski definition) is 1. The van der Waals surface area contributed by atoms with Crippen LogP contribution < -0.4 is 10.1 Å². The Kier molecular flexibility index (Phi) is 5.12. The van der Waals surface area contributed by atoms with E-state index in [9.17, 15) is 22.8 Å². The van der Waals surface area contributed by atoms with Crippen LogP contribution in [0.5, 0.6) is 5.75 Å². The monoisotopic (exact) mass is 330 g/mol. The minimum Gasteiger partial charge on any atom is -0.483 e. The number of carbonyl (C=O) groups excluding carboxylic acids is 2. The van der Waals surface area contributed by atoms with Crippen molar-refractivity contribution in [2.24, 2.45) is 0 Å². The summed E-state index contributed by atoms with van der Waals surface area (Å²) in [6.07, 6.45) is -3.98. The number of rotatable bonds is 3. The van der Waals surface area contributed by atoms with Crippen LogP contribution in [0.25, 0.3) is 0 Å². The molecule has 0 saturated carbocycles. The molecule has 1 fully saturated rings. The third kappa shape index (κ3) is 4.14. The van der Waals surface area contributed by atoms with Gasteiger partial charge in [-0.25, -0.2) is 0 Å². The summed E-state index contributed by atoms with van der Waals surface area (Å²) in [6, 6.07) is 4.03. The lowest BCUT2D eigenvalue weighted by Crippen LogP contribution is -2.47. The van der Waals surface area contributed by atoms with Gasteiger partial charge in [-0.15, -0.1) is 0 Å². The van der Waals surface area contributed by atoms with E-state index in [4.69, 9.17) is 4.74 Å². The second kappa shape index (κ2) is 6.89. The van der Waals surface area contributed by atoms with Crippen molar-refractivity contribution >= 4 is 11.8 Å². The SMILES string of the molecule is C[C@H]1C(=O)NCCCN1C(=O)COc1ccccc1C(F)(F)F. The molecule has 1 heterocycles. The molecule has 0 spiro atoms. The third-order valence-corrected chi connectivity index (χ3v) is 3.59. The first-order valence-electron chi connectivity index (χ1n) is 7.17. The summed E-state index contributed by atoms with van der Waals surface area (Å²) in [6.45, 7) is 1.83. The second-order valence-corrected chi connectivity index (χ2v) is 5.19. The van der Waals surface area contributed by atoms with Crippen LogP contribution in [0.15, 0.2) is 24.3 Å². The van der Waals surface area contributed by atoms with Crippen molar-refractivity contribution in [1.29, 1.82) is 0 Å². The Morgan fingerprint density at radius 3 is 2.78 bits per heavy atom. The Bertz CT molecular complexity index is 590. The molecule has 1 saturated heterocycles. The molecule has 0 radical (unpaired) electrons. The number of carbonyl (C=O) groups is 2. The summed E-state index contributed by atoms with van der Waals surface area (Å²) in [5.74, 6) is -1.21. The van der Waals surface area contributed by atoms with Gasteiger partial charge in [0.05, 0.1) is 5.56 Å². The van der Waals surface area contributed by atoms with Crippen molar-refractivity contribution in [2.45, 2.75) is 25.6 Å². The van der Waals surface area contributed by atoms with Crippen molar-refractivity contribution in [3.63, 3.8) is 0 Å². The van der Waals surface area contributed by atoms with Gasteiger partial charge >= 0.3 is 6.18 Å². The highest BCUT2D eigenvalue weighted by Crippen LogP contribution is 2.35. The minimum absolute atomic E-state index is 0.286. The molecule has 1 aromatic rings. The number of nitrogens with zero attached hydrogens (tertiary/aromatic N) is 1. The Balaban J connectivity index is 2.06. The Morgan fingerprint density at radius 2 is 2.09 bits per heavy atom. The van der Waals surface area contributed by atoms with Gasteiger partial charge in [0.15, 0.2) is 6.61 Å². The van der Waals surface area contributed by atoms with Crippen LogP contribution in [0, 0.1) is 0 Å². The van der Waals surface area contributed by atoms with Crippen LogP contribution in [0.1, 0.15) is 18.9 Å². The van der Waals surface area contributed by atoms with E-state index in [2.05, 4.69) is 5.32 Å². The standard InChI is InChI=1S/C15H17F3N2O3/c1-10-14(22)19-7-4-8-20(10)13(21)9-23-12-6-3-2-5-11(12)15(16,17)18/h2-3,5-6,10H,4,7-9H2,1H3,(H,19,22)/t10-/m0/s1. The van der Waals surface area contributed by atoms with E-state index in [-0.39, 0.29) is 5.91 Å². The predicted molar refractivity (Wildman–Crippen MR) is 75.7 cm³/mol. The van der Waals surface area contributed by atoms with Gasteiger partial charge in [0.2, 0.25) is 5.91 Å². The normalized spacial score (nSPS) is 19.0. The molecule has 5 nitrogen and oxygen atoms in total. The minimum atomic E-state index is -4.56. The first kappa shape index (κ1) is 17.1. The molecule has 0 bridgehead atoms. The van der Waals surface area contributed by atoms with Crippen LogP contribution in [-0.4, -0.2) is 42.5 Å². The molecule has 0 aromatic heterocycles. The smallest absolute Gasteiger partial charge is 0.419 e. The number of para-hydroxylation sites is 1. The predicted octanol–water partition coefficient (Wildman–Crippen LogP) is 1.82. The maximum atomic E-state index is 12.9. The number of hydrogen-bond acceptors (Lipinski definition) is 3. The van der Waals surface area contributed by atoms with E-state index in [1.54, 1.807) is 6.92 Å². The highest BCUT2D eigenvalue weighted by molar-refractivity contribution is 5.88. The van der Waals surface area contributed by atoms with E-state index in [0.717, 1.165) is 12.1 Å². The fourth-order valence-electron chi connectivity index (χ4n) is 2.33. The van der Waals surface area contributed by atoms with E-state index >= 15 is 0 Å². The van der Waals surface area contributed by atoms with Gasteiger partial charge in [0, 0.05) is 13.1 Å². The Morgan fingerprint density at radius 1 is 1.39 bits per heavy atom. The fraction of sp³-hybridized carbons (Fsp3) is 0.467. The quantitative estimate of drug-likeness (QED) is 0.920. The fourth-order valence-corrected chi connectivity index (χ4v) is 2.33. The van der Waals surface area contributed by atoms with Crippen molar-refractivity contribution in [3.8, 4) is 5.75 Å². The lowest BCUT2D eigenvalue weighted by Gasteiger charge is -2.25. The molecule has 1 aliphatic rings. The maximum Gasteiger partial charge on any atom is 0.419 e. The van der Waals surface area contributed by atoms with Crippen molar-refractivity contribution in [2.75, 3.05) is 19.7 Å². The topological polar surface area (TPSA) is 58.6 Å². The molecule has 1 aromatic carbocycles. The zero-order valence-electron chi connectivity index (χ0n) is 12.5. The van der Waals surface area contributed by atoms with Crippen molar-refractivity contribution < 1.29 is 27.5 Å². The van der Waals surface area contributed by atoms with Crippen LogP contribution in [0.4, 0.5) is 13.2 Å². The molecule has 8 heteroatoms. The lowest BCUT2D eigenvalue weighted by atomic mass is 10.2. The number of amides is 2. The van der Waals surface area contributed by atoms with Crippen LogP contribution in [0.2, 0.25) is 0 Å². The zero-order valence-corrected chi connectivity index (χ0v) is 12.5. The Hall–Kier alpha value is -2.25. The number of alkyl halides is 3. The van der Waals surface area contributed by atoms with Gasteiger partial charge < -0.3 is 15.0 Å². The molecular formula is C15H17F3N2O3. The van der Waals surface area contributed by atoms with Gasteiger partial charge in [-0.2, -0.15) is 13.2 Å². The van der Waals surface area contributed by atoms with Gasteiger partial charge in [-0.1, -0.05) is 12.1 Å². The van der Waals surface area contributed by atoms with Gasteiger partial charge in [-0.3, -0.25) is 9.59 Å². The molecule has 126 valence electrons. The largest absolute Gasteiger partial charge is 0.483 e. The van der Waals surface area contributed by atoms with Crippen LogP contribution >= 0.6 is 0 Å². The average Bonchev–Trinajstić information content (AvgIpc) is 2.66. The molecule has 0 aliphatic carbocycles. The molecular weight excluding hydrogens is 313 g/mol. The molecule has 0 unspecified atom stereocenters. The molecule has 1 atom stereocenters. The highest BCUT2D eigenvalue weighted by atomic mass is 19.4. The number of benzene rings is 1. The molecule has 23 heavy (non-hydrogen) atoms. The number of nitrogens with one attached hydrogen (secondary N) is 1. The van der Waals surface area contributed by atoms with Gasteiger partial charge in [0.25, 0.3) is 5.91 Å². The number of ether oxygens (including phenoxy) is 1. The average molecular weight is 330 g/mol. The maximum absolute atomic E-state index is 12.9. The van der Waals surface area contributed by atoms with E-state index < -0.39 is 36.0 Å². The van der Waals surface area contributed by atoms with E-state index in [1.165, 1.54) is 17.0 Å². The van der Waals surface area contributed by atoms with E-state index in [0.29, 0.717) is 19.5 Å². The summed E-state index contributed by atoms with van der Waals surface area (Å²) < 4.78 is 43.7. The Labute approximate surface area is 131 Å². The molecule has 2 rings (SSSR count). The first-order valence-corrected chi connectivity index (χ1v) is 7.17. The zero-order chi connectivity index (χ0) is 17.0. The van der Waals surface area contributed by atoms with Crippen molar-refractivity contribution in [1.82, 2.24) is 10.2 Å². The van der Waals surface area contributed by atoms with Crippen LogP contribution in [-0.2, 0) is 15.8 Å². The molecule has 1 aliphatic heterocycles. The number of halogens is 3. The van der Waals surface area contributed by atoms with Crippen molar-refractivity contribution in [3.05, 3.63) is 29.8 Å². The molecule has 2 amide bonds. The summed E-state index contributed by atoms with van der Waals surface area (Å²) in [7, 11) is 0. The second-order valence-electron chi connectivity index (χ2n) is 5.19. The first-order chi connectivity index (χ1) is 10.8. The summed E-state index contributed by atoms with van der Waals surface area (Å²) in [5.41, 5.74) is -0.936. The highest BCUT2D eigenvalue weighted by Gasteiger charge is 2.34. The summed E-state index contributed by atoms with van der Waals surface area (Å²) in [5, 5.41) is 2.66. The molecule has 1 N–H and O–H groups in total. The summed E-state index contributed by atoms with van der Waals surface area (Å²) in [4.78, 5) is 25.2. The van der Waals surface area contributed by atoms with Gasteiger partial charge in [-0.05, 0) is 25.5 Å². The van der Waals surface area contributed by atoms with Crippen LogP contribution in [0.3, 0.4) is 0 Å². The van der Waals surface area contributed by atoms with Gasteiger partial charge in [0.1, 0.15) is 11.8 Å². The summed E-state index contributed by atoms with van der Waals surface area (Å²) >= 11 is 0.